The van der Waals surface area contributed by atoms with Crippen LogP contribution >= 0.6 is 0 Å². The largest absolute Gasteiger partial charge is 0.352 e. The number of nitrogens with zero attached hydrogens (tertiary/aromatic N) is 4. The molecule has 0 radical (unpaired) electrons. The van der Waals surface area contributed by atoms with Crippen LogP contribution in [0.5, 0.6) is 0 Å². The summed E-state index contributed by atoms with van der Waals surface area (Å²) in [7, 11) is 1.93. The summed E-state index contributed by atoms with van der Waals surface area (Å²) in [6.07, 6.45) is 0. The SMILES string of the molecule is Cc1ccc(CN=C(NCc2ccccc2)NCc2nnc(C)n2C)cc1F. The van der Waals surface area contributed by atoms with Gasteiger partial charge in [0.1, 0.15) is 11.6 Å². The number of guanidine groups is 1. The van der Waals surface area contributed by atoms with E-state index in [0.29, 0.717) is 31.2 Å². The van der Waals surface area contributed by atoms with Gasteiger partial charge in [-0.1, -0.05) is 42.5 Å². The third-order valence-electron chi connectivity index (χ3n) is 4.56. The van der Waals surface area contributed by atoms with Crippen molar-refractivity contribution in [2.45, 2.75) is 33.5 Å². The maximum atomic E-state index is 13.8. The molecule has 2 aromatic carbocycles. The summed E-state index contributed by atoms with van der Waals surface area (Å²) in [6, 6.07) is 15.3. The number of aliphatic imine (C=N–C) groups is 1. The highest BCUT2D eigenvalue weighted by Crippen LogP contribution is 2.10. The molecule has 0 spiro atoms. The number of benzene rings is 2. The third-order valence-corrected chi connectivity index (χ3v) is 4.56. The van der Waals surface area contributed by atoms with E-state index in [1.807, 2.05) is 54.9 Å². The zero-order valence-electron chi connectivity index (χ0n) is 16.4. The second-order valence-electron chi connectivity index (χ2n) is 6.66. The summed E-state index contributed by atoms with van der Waals surface area (Å²) in [5.41, 5.74) is 2.59. The Hall–Kier alpha value is -3.22. The molecule has 0 fully saturated rings. The average Bonchev–Trinajstić information content (AvgIpc) is 3.03. The van der Waals surface area contributed by atoms with Crippen LogP contribution in [0, 0.1) is 19.7 Å². The Bertz CT molecular complexity index is 949. The number of hydrogen-bond acceptors (Lipinski definition) is 3. The number of nitrogens with one attached hydrogen (secondary N) is 2. The first-order chi connectivity index (χ1) is 13.5. The number of hydrogen-bond donors (Lipinski definition) is 2. The van der Waals surface area contributed by atoms with Crippen molar-refractivity contribution in [3.8, 4) is 0 Å². The number of aromatic nitrogens is 3. The second kappa shape index (κ2) is 9.12. The van der Waals surface area contributed by atoms with Crippen LogP contribution in [0.4, 0.5) is 4.39 Å². The van der Waals surface area contributed by atoms with E-state index in [4.69, 9.17) is 0 Å². The predicted octanol–water partition coefficient (Wildman–Crippen LogP) is 3.01. The van der Waals surface area contributed by atoms with E-state index in [1.165, 1.54) is 6.07 Å². The van der Waals surface area contributed by atoms with Gasteiger partial charge in [-0.15, -0.1) is 10.2 Å². The van der Waals surface area contributed by atoms with Crippen molar-refractivity contribution in [2.24, 2.45) is 12.0 Å². The van der Waals surface area contributed by atoms with Crippen LogP contribution in [0.2, 0.25) is 0 Å². The van der Waals surface area contributed by atoms with Gasteiger partial charge in [-0.2, -0.15) is 0 Å². The van der Waals surface area contributed by atoms with Gasteiger partial charge in [0, 0.05) is 13.6 Å². The zero-order chi connectivity index (χ0) is 19.9. The summed E-state index contributed by atoms with van der Waals surface area (Å²) >= 11 is 0. The van der Waals surface area contributed by atoms with Crippen molar-refractivity contribution in [1.82, 2.24) is 25.4 Å². The Kier molecular flexibility index (Phi) is 6.37. The molecule has 0 amide bonds. The smallest absolute Gasteiger partial charge is 0.192 e. The van der Waals surface area contributed by atoms with E-state index in [9.17, 15) is 4.39 Å². The van der Waals surface area contributed by atoms with E-state index in [1.54, 1.807) is 13.0 Å². The molecule has 6 nitrogen and oxygen atoms in total. The molecule has 0 saturated carbocycles. The van der Waals surface area contributed by atoms with Gasteiger partial charge in [-0.3, -0.25) is 0 Å². The van der Waals surface area contributed by atoms with Crippen molar-refractivity contribution in [3.05, 3.63) is 82.7 Å². The van der Waals surface area contributed by atoms with Crippen molar-refractivity contribution < 1.29 is 4.39 Å². The third kappa shape index (κ3) is 5.16. The van der Waals surface area contributed by atoms with Gasteiger partial charge in [0.05, 0.1) is 13.1 Å². The molecular formula is C21H25FN6. The molecule has 0 aliphatic heterocycles. The maximum Gasteiger partial charge on any atom is 0.192 e. The van der Waals surface area contributed by atoms with Crippen molar-refractivity contribution in [3.63, 3.8) is 0 Å². The predicted molar refractivity (Wildman–Crippen MR) is 108 cm³/mol. The fraction of sp³-hybridized carbons (Fsp3) is 0.286. The first-order valence-electron chi connectivity index (χ1n) is 9.19. The fourth-order valence-electron chi connectivity index (χ4n) is 2.63. The van der Waals surface area contributed by atoms with E-state index in [-0.39, 0.29) is 5.82 Å². The minimum Gasteiger partial charge on any atom is -0.352 e. The normalized spacial score (nSPS) is 11.5. The number of halogens is 1. The van der Waals surface area contributed by atoms with Gasteiger partial charge in [0.15, 0.2) is 11.8 Å². The standard InChI is InChI=1S/C21H25FN6/c1-15-9-10-18(11-19(15)22)13-24-21(23-12-17-7-5-4-6-8-17)25-14-20-27-26-16(2)28(20)3/h4-11H,12-14H2,1-3H3,(H2,23,24,25). The van der Waals surface area contributed by atoms with Crippen molar-refractivity contribution >= 4 is 5.96 Å². The van der Waals surface area contributed by atoms with Gasteiger partial charge >= 0.3 is 0 Å². The van der Waals surface area contributed by atoms with Crippen LogP contribution in [-0.2, 0) is 26.7 Å². The minimum atomic E-state index is -0.214. The lowest BCUT2D eigenvalue weighted by Crippen LogP contribution is -2.37. The Morgan fingerprint density at radius 1 is 1.00 bits per heavy atom. The van der Waals surface area contributed by atoms with Gasteiger partial charge in [-0.25, -0.2) is 9.38 Å². The van der Waals surface area contributed by atoms with Gasteiger partial charge in [0.25, 0.3) is 0 Å². The van der Waals surface area contributed by atoms with Crippen LogP contribution < -0.4 is 10.6 Å². The number of rotatable bonds is 6. The van der Waals surface area contributed by atoms with Crippen LogP contribution in [0.1, 0.15) is 28.3 Å². The highest BCUT2D eigenvalue weighted by molar-refractivity contribution is 5.79. The van der Waals surface area contributed by atoms with Gasteiger partial charge < -0.3 is 15.2 Å². The Morgan fingerprint density at radius 3 is 2.43 bits per heavy atom. The Morgan fingerprint density at radius 2 is 1.75 bits per heavy atom. The Balaban J connectivity index is 1.70. The first kappa shape index (κ1) is 19.5. The maximum absolute atomic E-state index is 13.8. The highest BCUT2D eigenvalue weighted by Gasteiger charge is 2.07. The van der Waals surface area contributed by atoms with Crippen molar-refractivity contribution in [2.75, 3.05) is 0 Å². The molecule has 0 atom stereocenters. The minimum absolute atomic E-state index is 0.214. The summed E-state index contributed by atoms with van der Waals surface area (Å²) in [6.45, 7) is 5.15. The van der Waals surface area contributed by atoms with Crippen LogP contribution in [-0.4, -0.2) is 20.7 Å². The summed E-state index contributed by atoms with van der Waals surface area (Å²) < 4.78 is 15.7. The highest BCUT2D eigenvalue weighted by atomic mass is 19.1. The summed E-state index contributed by atoms with van der Waals surface area (Å²) in [5.74, 6) is 2.08. The van der Waals surface area contributed by atoms with E-state index in [2.05, 4.69) is 25.8 Å². The molecule has 0 saturated heterocycles. The fourth-order valence-corrected chi connectivity index (χ4v) is 2.63. The lowest BCUT2D eigenvalue weighted by Gasteiger charge is -2.13. The van der Waals surface area contributed by atoms with Crippen molar-refractivity contribution in [1.29, 1.82) is 0 Å². The molecule has 28 heavy (non-hydrogen) atoms. The first-order valence-corrected chi connectivity index (χ1v) is 9.19. The molecule has 1 heterocycles. The van der Waals surface area contributed by atoms with E-state index < -0.39 is 0 Å². The zero-order valence-corrected chi connectivity index (χ0v) is 16.4. The molecule has 0 unspecified atom stereocenters. The molecule has 0 aliphatic carbocycles. The van der Waals surface area contributed by atoms with Gasteiger partial charge in [-0.05, 0) is 36.6 Å². The second-order valence-corrected chi connectivity index (χ2v) is 6.66. The molecule has 3 aromatic rings. The van der Waals surface area contributed by atoms with E-state index >= 15 is 0 Å². The van der Waals surface area contributed by atoms with Crippen LogP contribution in [0.25, 0.3) is 0 Å². The molecular weight excluding hydrogens is 355 g/mol. The topological polar surface area (TPSA) is 67.1 Å². The average molecular weight is 380 g/mol. The molecule has 0 aliphatic rings. The monoisotopic (exact) mass is 380 g/mol. The number of aryl methyl sites for hydroxylation is 2. The molecule has 0 bridgehead atoms. The summed E-state index contributed by atoms with van der Waals surface area (Å²) in [4.78, 5) is 4.60. The summed E-state index contributed by atoms with van der Waals surface area (Å²) in [5, 5.41) is 14.8. The molecule has 7 heteroatoms. The molecule has 146 valence electrons. The molecule has 3 rings (SSSR count). The molecule has 2 N–H and O–H groups in total. The van der Waals surface area contributed by atoms with Crippen LogP contribution in [0.15, 0.2) is 53.5 Å². The molecule has 1 aromatic heterocycles. The van der Waals surface area contributed by atoms with E-state index in [0.717, 1.165) is 22.8 Å². The lowest BCUT2D eigenvalue weighted by atomic mass is 10.1. The van der Waals surface area contributed by atoms with Crippen LogP contribution in [0.3, 0.4) is 0 Å². The quantitative estimate of drug-likeness (QED) is 0.510. The van der Waals surface area contributed by atoms with Gasteiger partial charge in [0.2, 0.25) is 0 Å². The Labute approximate surface area is 164 Å². The lowest BCUT2D eigenvalue weighted by molar-refractivity contribution is 0.616.